The second-order valence-electron chi connectivity index (χ2n) is 13.6. The van der Waals surface area contributed by atoms with Crippen molar-refractivity contribution in [3.63, 3.8) is 0 Å². The molecule has 0 aliphatic rings. The molecule has 274 valence electrons. The summed E-state index contributed by atoms with van der Waals surface area (Å²) in [4.78, 5) is 25.3. The van der Waals surface area contributed by atoms with Crippen LogP contribution in [-0.4, -0.2) is 17.0 Å². The van der Waals surface area contributed by atoms with Crippen LogP contribution >= 0.6 is 0 Å². The molecule has 0 radical (unpaired) electrons. The van der Waals surface area contributed by atoms with Crippen molar-refractivity contribution in [2.45, 2.75) is 200 Å². The predicted molar refractivity (Wildman–Crippen MR) is 201 cm³/mol. The number of benzene rings is 1. The van der Waals surface area contributed by atoms with Gasteiger partial charge in [0, 0.05) is 12.8 Å². The molecule has 0 atom stereocenters. The first-order valence-corrected chi connectivity index (χ1v) is 20.0. The van der Waals surface area contributed by atoms with Crippen molar-refractivity contribution in [2.24, 2.45) is 0 Å². The van der Waals surface area contributed by atoms with Gasteiger partial charge in [-0.3, -0.25) is 9.59 Å². The van der Waals surface area contributed by atoms with Crippen LogP contribution in [0.5, 0.6) is 0 Å². The van der Waals surface area contributed by atoms with Gasteiger partial charge < -0.3 is 14.6 Å². The van der Waals surface area contributed by atoms with Gasteiger partial charge in [0.15, 0.2) is 0 Å². The van der Waals surface area contributed by atoms with Gasteiger partial charge >= 0.3 is 17.9 Å². The first-order chi connectivity index (χ1) is 23.5. The molecule has 0 fully saturated rings. The van der Waals surface area contributed by atoms with Crippen molar-refractivity contribution >= 4 is 11.9 Å². The monoisotopic (exact) mass is 669 g/mol. The second kappa shape index (κ2) is 31.8. The molecule has 0 heterocycles. The van der Waals surface area contributed by atoms with Crippen molar-refractivity contribution in [1.29, 1.82) is 0 Å². The molecule has 0 saturated heterocycles. The highest BCUT2D eigenvalue weighted by molar-refractivity contribution is 5.72. The summed E-state index contributed by atoms with van der Waals surface area (Å²) < 4.78 is 10.8. The number of carbonyl (C=O) groups is 2. The first kappa shape index (κ1) is 43.6. The van der Waals surface area contributed by atoms with Gasteiger partial charge in [0.2, 0.25) is 0 Å². The number of allylic oxidation sites excluding steroid dienone is 4. The number of hydrogen-bond acceptors (Lipinski definition) is 5. The molecule has 0 saturated carbocycles. The molecule has 1 aromatic carbocycles. The van der Waals surface area contributed by atoms with Crippen LogP contribution in [0.3, 0.4) is 0 Å². The third-order valence-corrected chi connectivity index (χ3v) is 8.93. The van der Waals surface area contributed by atoms with Crippen LogP contribution in [0, 0.1) is 0 Å². The van der Waals surface area contributed by atoms with Crippen LogP contribution in [0.4, 0.5) is 0 Å². The average Bonchev–Trinajstić information content (AvgIpc) is 3.08. The first-order valence-electron chi connectivity index (χ1n) is 20.0. The fourth-order valence-electron chi connectivity index (χ4n) is 5.88. The predicted octanol–water partition coefficient (Wildman–Crippen LogP) is 13.0. The molecular formula is C43H72O5. The standard InChI is InChI=1S/C43H72O5/c1-3-5-7-9-11-13-15-17-19-21-23-25-27-29-34-38-41(44)47-43(46,40-36-32-31-33-37-40)48-42(45)39-35-30-28-26-24-22-20-18-16-14-12-10-8-6-4-2/h17-20,31-33,36-37,46H,3-16,21-30,34-35,38-39H2,1-2H3. The number of ether oxygens (including phenoxy) is 2. The Hall–Kier alpha value is -2.40. The molecule has 48 heavy (non-hydrogen) atoms. The van der Waals surface area contributed by atoms with E-state index in [1.54, 1.807) is 30.3 Å². The highest BCUT2D eigenvalue weighted by atomic mass is 16.8. The molecule has 5 heteroatoms. The Bertz CT molecular complexity index is 884. The van der Waals surface area contributed by atoms with Gasteiger partial charge in [0.05, 0.1) is 5.56 Å². The maximum Gasteiger partial charge on any atom is 0.403 e. The maximum absolute atomic E-state index is 12.7. The average molecular weight is 669 g/mol. The molecule has 5 nitrogen and oxygen atoms in total. The summed E-state index contributed by atoms with van der Waals surface area (Å²) in [5, 5.41) is 11.2. The van der Waals surface area contributed by atoms with E-state index in [1.807, 2.05) is 0 Å². The molecule has 0 aliphatic carbocycles. The van der Waals surface area contributed by atoms with Crippen LogP contribution < -0.4 is 0 Å². The second-order valence-corrected chi connectivity index (χ2v) is 13.6. The Morgan fingerprint density at radius 3 is 1.17 bits per heavy atom. The smallest absolute Gasteiger partial charge is 0.394 e. The Morgan fingerprint density at radius 1 is 0.500 bits per heavy atom. The van der Waals surface area contributed by atoms with Gasteiger partial charge in [-0.15, -0.1) is 0 Å². The zero-order valence-corrected chi connectivity index (χ0v) is 31.1. The summed E-state index contributed by atoms with van der Waals surface area (Å²) in [6.07, 6.45) is 40.3. The minimum absolute atomic E-state index is 0.180. The zero-order chi connectivity index (χ0) is 34.8. The van der Waals surface area contributed by atoms with Crippen molar-refractivity contribution in [3.05, 3.63) is 60.2 Å². The van der Waals surface area contributed by atoms with E-state index in [-0.39, 0.29) is 18.4 Å². The van der Waals surface area contributed by atoms with Gasteiger partial charge in [-0.05, 0) is 76.3 Å². The van der Waals surface area contributed by atoms with Crippen molar-refractivity contribution in [1.82, 2.24) is 0 Å². The minimum Gasteiger partial charge on any atom is -0.394 e. The number of rotatable bonds is 33. The maximum atomic E-state index is 12.7. The molecule has 1 N–H and O–H groups in total. The van der Waals surface area contributed by atoms with E-state index in [4.69, 9.17) is 9.47 Å². The number of esters is 2. The lowest BCUT2D eigenvalue weighted by Gasteiger charge is -2.27. The van der Waals surface area contributed by atoms with Crippen LogP contribution in [0.25, 0.3) is 0 Å². The lowest BCUT2D eigenvalue weighted by atomic mass is 10.1. The summed E-state index contributed by atoms with van der Waals surface area (Å²) in [5.41, 5.74) is 0.237. The molecule has 0 aromatic heterocycles. The fourth-order valence-corrected chi connectivity index (χ4v) is 5.88. The van der Waals surface area contributed by atoms with E-state index in [9.17, 15) is 14.7 Å². The van der Waals surface area contributed by atoms with E-state index in [0.29, 0.717) is 12.8 Å². The molecule has 0 unspecified atom stereocenters. The van der Waals surface area contributed by atoms with Crippen LogP contribution in [0.2, 0.25) is 0 Å². The topological polar surface area (TPSA) is 72.8 Å². The normalized spacial score (nSPS) is 12.9. The Kier molecular flexibility index (Phi) is 28.9. The number of aliphatic hydroxyl groups is 1. The summed E-state index contributed by atoms with van der Waals surface area (Å²) in [7, 11) is 0. The minimum atomic E-state index is -2.40. The van der Waals surface area contributed by atoms with Gasteiger partial charge in [-0.2, -0.15) is 0 Å². The summed E-state index contributed by atoms with van der Waals surface area (Å²) in [6.45, 7) is 4.51. The SMILES string of the molecule is CCCCCCCCC=CCCCCCCCC(=O)OC(O)(OC(=O)CCCCCCCC=CCCCCCCCC)c1ccccc1. The van der Waals surface area contributed by atoms with Gasteiger partial charge in [-0.25, -0.2) is 0 Å². The van der Waals surface area contributed by atoms with Gasteiger partial charge in [0.25, 0.3) is 0 Å². The van der Waals surface area contributed by atoms with Crippen molar-refractivity contribution < 1.29 is 24.2 Å². The van der Waals surface area contributed by atoms with Crippen molar-refractivity contribution in [2.75, 3.05) is 0 Å². The van der Waals surface area contributed by atoms with Crippen molar-refractivity contribution in [3.8, 4) is 0 Å². The van der Waals surface area contributed by atoms with E-state index in [1.165, 1.54) is 89.9 Å². The third kappa shape index (κ3) is 25.6. The zero-order valence-electron chi connectivity index (χ0n) is 31.1. The lowest BCUT2D eigenvalue weighted by Crippen LogP contribution is -2.37. The van der Waals surface area contributed by atoms with Crippen LogP contribution in [0.15, 0.2) is 54.6 Å². The van der Waals surface area contributed by atoms with Gasteiger partial charge in [0.1, 0.15) is 0 Å². The molecular weight excluding hydrogens is 596 g/mol. The van der Waals surface area contributed by atoms with E-state index < -0.39 is 17.9 Å². The van der Waals surface area contributed by atoms with E-state index in [2.05, 4.69) is 38.2 Å². The quantitative estimate of drug-likeness (QED) is 0.0349. The molecule has 0 spiro atoms. The third-order valence-electron chi connectivity index (χ3n) is 8.93. The van der Waals surface area contributed by atoms with Crippen LogP contribution in [0.1, 0.15) is 199 Å². The number of unbranched alkanes of at least 4 members (excludes halogenated alkanes) is 22. The molecule has 0 aliphatic heterocycles. The number of hydrogen-bond donors (Lipinski definition) is 1. The Balaban J connectivity index is 2.20. The van der Waals surface area contributed by atoms with E-state index >= 15 is 0 Å². The molecule has 1 rings (SSSR count). The van der Waals surface area contributed by atoms with Gasteiger partial charge in [-0.1, -0.05) is 159 Å². The number of carbonyl (C=O) groups excluding carboxylic acids is 2. The van der Waals surface area contributed by atoms with E-state index in [0.717, 1.165) is 64.2 Å². The fraction of sp³-hybridized carbons (Fsp3) is 0.721. The molecule has 0 bridgehead atoms. The summed E-state index contributed by atoms with van der Waals surface area (Å²) in [5.74, 6) is -3.53. The molecule has 1 aromatic rings. The van der Waals surface area contributed by atoms with Crippen LogP contribution in [-0.2, 0) is 25.0 Å². The highest BCUT2D eigenvalue weighted by Gasteiger charge is 2.38. The lowest BCUT2D eigenvalue weighted by molar-refractivity contribution is -0.336. The Labute approximate surface area is 295 Å². The summed E-state index contributed by atoms with van der Waals surface area (Å²) >= 11 is 0. The summed E-state index contributed by atoms with van der Waals surface area (Å²) in [6, 6.07) is 8.44. The molecule has 0 amide bonds. The largest absolute Gasteiger partial charge is 0.403 e. The highest BCUT2D eigenvalue weighted by Crippen LogP contribution is 2.27. The Morgan fingerprint density at radius 2 is 0.812 bits per heavy atom.